The maximum Gasteiger partial charge on any atom is 0.193 e. The van der Waals surface area contributed by atoms with Gasteiger partial charge in [0.15, 0.2) is 5.96 Å². The smallest absolute Gasteiger partial charge is 0.193 e. The highest BCUT2D eigenvalue weighted by atomic mass is 127. The lowest BCUT2D eigenvalue weighted by Crippen LogP contribution is -2.47. The summed E-state index contributed by atoms with van der Waals surface area (Å²) < 4.78 is 11.7. The molecule has 0 aromatic carbocycles. The third-order valence-corrected chi connectivity index (χ3v) is 5.16. The highest BCUT2D eigenvalue weighted by molar-refractivity contribution is 14.0. The quantitative estimate of drug-likeness (QED) is 0.379. The van der Waals surface area contributed by atoms with E-state index in [1.54, 1.807) is 0 Å². The molecule has 0 spiro atoms. The van der Waals surface area contributed by atoms with Gasteiger partial charge in [-0.2, -0.15) is 0 Å². The summed E-state index contributed by atoms with van der Waals surface area (Å²) in [5, 5.41) is 3.48. The average Bonchev–Trinajstić information content (AvgIpc) is 3.19. The molecule has 6 nitrogen and oxygen atoms in total. The van der Waals surface area contributed by atoms with E-state index in [0.717, 1.165) is 70.2 Å². The number of likely N-dealkylation sites (tertiary alicyclic amines) is 1. The minimum absolute atomic E-state index is 0. The Morgan fingerprint density at radius 2 is 2.15 bits per heavy atom. The fourth-order valence-electron chi connectivity index (χ4n) is 3.55. The Morgan fingerprint density at radius 1 is 1.33 bits per heavy atom. The number of nitrogens with one attached hydrogen (secondary N) is 1. The van der Waals surface area contributed by atoms with Gasteiger partial charge in [0, 0.05) is 45.2 Å². The normalized spacial score (nSPS) is 21.2. The van der Waals surface area contributed by atoms with Crippen LogP contribution in [0.1, 0.15) is 36.9 Å². The van der Waals surface area contributed by atoms with Gasteiger partial charge in [0.1, 0.15) is 0 Å². The number of pyridine rings is 1. The standard InChI is InChI=1S/C20H32N4O2.HI/c1-16-5-6-17(14-23-16)7-10-22-20(21-2)24-11-8-18(9-12-24)26-15-19-4-3-13-25-19;/h5-6,14,18-19H,3-4,7-13,15H2,1-2H3,(H,21,22);1H. The van der Waals surface area contributed by atoms with Gasteiger partial charge in [0.25, 0.3) is 0 Å². The summed E-state index contributed by atoms with van der Waals surface area (Å²) in [5.74, 6) is 0.989. The maximum absolute atomic E-state index is 6.06. The Balaban J connectivity index is 0.00000261. The van der Waals surface area contributed by atoms with Crippen LogP contribution < -0.4 is 5.32 Å². The van der Waals surface area contributed by atoms with E-state index < -0.39 is 0 Å². The molecule has 1 atom stereocenters. The Bertz CT molecular complexity index is 568. The maximum atomic E-state index is 6.06. The number of hydrogen-bond donors (Lipinski definition) is 1. The van der Waals surface area contributed by atoms with E-state index in [0.29, 0.717) is 12.2 Å². The molecule has 2 fully saturated rings. The van der Waals surface area contributed by atoms with Crippen LogP contribution in [0.15, 0.2) is 23.3 Å². The molecule has 152 valence electrons. The Labute approximate surface area is 180 Å². The van der Waals surface area contributed by atoms with Gasteiger partial charge in [-0.3, -0.25) is 9.98 Å². The Morgan fingerprint density at radius 3 is 2.78 bits per heavy atom. The molecular weight excluding hydrogens is 455 g/mol. The number of piperidine rings is 1. The predicted molar refractivity (Wildman–Crippen MR) is 119 cm³/mol. The number of guanidine groups is 1. The minimum atomic E-state index is 0. The molecule has 3 rings (SSSR count). The van der Waals surface area contributed by atoms with E-state index in [4.69, 9.17) is 9.47 Å². The van der Waals surface area contributed by atoms with Gasteiger partial charge in [-0.15, -0.1) is 24.0 Å². The zero-order valence-corrected chi connectivity index (χ0v) is 18.9. The first-order valence-corrected chi connectivity index (χ1v) is 9.85. The SMILES string of the molecule is CN=C(NCCc1ccc(C)nc1)N1CCC(OCC2CCCO2)CC1.I. The van der Waals surface area contributed by atoms with Crippen LogP contribution in [0.4, 0.5) is 0 Å². The minimum Gasteiger partial charge on any atom is -0.376 e. The zero-order chi connectivity index (χ0) is 18.2. The van der Waals surface area contributed by atoms with E-state index >= 15 is 0 Å². The molecular formula is C20H33IN4O2. The number of nitrogens with zero attached hydrogens (tertiary/aromatic N) is 3. The van der Waals surface area contributed by atoms with Crippen LogP contribution in [0, 0.1) is 6.92 Å². The summed E-state index contributed by atoms with van der Waals surface area (Å²) in [7, 11) is 1.86. The monoisotopic (exact) mass is 488 g/mol. The summed E-state index contributed by atoms with van der Waals surface area (Å²) in [4.78, 5) is 11.1. The van der Waals surface area contributed by atoms with E-state index in [9.17, 15) is 0 Å². The first kappa shape index (κ1) is 22.4. The van der Waals surface area contributed by atoms with Crippen molar-refractivity contribution in [2.24, 2.45) is 4.99 Å². The molecule has 1 N–H and O–H groups in total. The van der Waals surface area contributed by atoms with E-state index in [-0.39, 0.29) is 24.0 Å². The third kappa shape index (κ3) is 7.19. The van der Waals surface area contributed by atoms with Crippen molar-refractivity contribution >= 4 is 29.9 Å². The average molecular weight is 488 g/mol. The topological polar surface area (TPSA) is 59.0 Å². The molecule has 1 unspecified atom stereocenters. The molecule has 7 heteroatoms. The molecule has 0 aliphatic carbocycles. The van der Waals surface area contributed by atoms with Crippen molar-refractivity contribution in [3.63, 3.8) is 0 Å². The lowest BCUT2D eigenvalue weighted by molar-refractivity contribution is -0.0367. The van der Waals surface area contributed by atoms with Crippen LogP contribution in [-0.2, 0) is 15.9 Å². The van der Waals surface area contributed by atoms with Gasteiger partial charge in [-0.05, 0) is 50.7 Å². The van der Waals surface area contributed by atoms with Gasteiger partial charge < -0.3 is 19.7 Å². The second-order valence-electron chi connectivity index (χ2n) is 7.19. The number of hydrogen-bond acceptors (Lipinski definition) is 4. The van der Waals surface area contributed by atoms with Gasteiger partial charge >= 0.3 is 0 Å². The van der Waals surface area contributed by atoms with Gasteiger partial charge in [0.05, 0.1) is 18.8 Å². The number of aryl methyl sites for hydroxylation is 1. The van der Waals surface area contributed by atoms with Crippen LogP contribution >= 0.6 is 24.0 Å². The van der Waals surface area contributed by atoms with Crippen molar-refractivity contribution < 1.29 is 9.47 Å². The largest absolute Gasteiger partial charge is 0.376 e. The first-order valence-electron chi connectivity index (χ1n) is 9.85. The molecule has 2 aliphatic rings. The molecule has 0 saturated carbocycles. The number of rotatable bonds is 6. The number of ether oxygens (including phenoxy) is 2. The van der Waals surface area contributed by atoms with Crippen LogP contribution in [0.2, 0.25) is 0 Å². The molecule has 2 aliphatic heterocycles. The second-order valence-corrected chi connectivity index (χ2v) is 7.19. The van der Waals surface area contributed by atoms with Crippen molar-refractivity contribution in [2.45, 2.75) is 51.2 Å². The zero-order valence-electron chi connectivity index (χ0n) is 16.5. The fourth-order valence-corrected chi connectivity index (χ4v) is 3.55. The van der Waals surface area contributed by atoms with Crippen LogP contribution in [0.25, 0.3) is 0 Å². The lowest BCUT2D eigenvalue weighted by Gasteiger charge is -2.34. The summed E-state index contributed by atoms with van der Waals surface area (Å²) in [6.07, 6.45) is 8.00. The highest BCUT2D eigenvalue weighted by Crippen LogP contribution is 2.17. The molecule has 27 heavy (non-hydrogen) atoms. The molecule has 0 amide bonds. The van der Waals surface area contributed by atoms with Crippen LogP contribution in [0.3, 0.4) is 0 Å². The van der Waals surface area contributed by atoms with Crippen molar-refractivity contribution in [2.75, 3.05) is 39.9 Å². The lowest BCUT2D eigenvalue weighted by atomic mass is 10.1. The van der Waals surface area contributed by atoms with Crippen molar-refractivity contribution in [1.82, 2.24) is 15.2 Å². The Kier molecular flexibility index (Phi) is 9.78. The van der Waals surface area contributed by atoms with Crippen LogP contribution in [-0.4, -0.2) is 67.9 Å². The summed E-state index contributed by atoms with van der Waals surface area (Å²) in [5.41, 5.74) is 2.31. The van der Waals surface area contributed by atoms with Gasteiger partial charge in [-0.1, -0.05) is 6.07 Å². The molecule has 0 radical (unpaired) electrons. The predicted octanol–water partition coefficient (Wildman–Crippen LogP) is 2.79. The summed E-state index contributed by atoms with van der Waals surface area (Å²) in [6, 6.07) is 4.20. The molecule has 1 aromatic heterocycles. The number of aromatic nitrogens is 1. The van der Waals surface area contributed by atoms with E-state index in [1.807, 2.05) is 20.2 Å². The van der Waals surface area contributed by atoms with Crippen molar-refractivity contribution in [1.29, 1.82) is 0 Å². The highest BCUT2D eigenvalue weighted by Gasteiger charge is 2.24. The summed E-state index contributed by atoms with van der Waals surface area (Å²) in [6.45, 7) is 6.50. The van der Waals surface area contributed by atoms with E-state index in [1.165, 1.54) is 12.0 Å². The van der Waals surface area contributed by atoms with E-state index in [2.05, 4.69) is 32.3 Å². The number of aliphatic imine (C=N–C) groups is 1. The second kappa shape index (κ2) is 11.8. The molecule has 1 aromatic rings. The summed E-state index contributed by atoms with van der Waals surface area (Å²) >= 11 is 0. The van der Waals surface area contributed by atoms with Gasteiger partial charge in [-0.25, -0.2) is 0 Å². The fraction of sp³-hybridized carbons (Fsp3) is 0.700. The molecule has 2 saturated heterocycles. The van der Waals surface area contributed by atoms with Crippen molar-refractivity contribution in [3.8, 4) is 0 Å². The van der Waals surface area contributed by atoms with Crippen LogP contribution in [0.5, 0.6) is 0 Å². The third-order valence-electron chi connectivity index (χ3n) is 5.16. The molecule has 3 heterocycles. The number of halogens is 1. The van der Waals surface area contributed by atoms with Crippen molar-refractivity contribution in [3.05, 3.63) is 29.6 Å². The van der Waals surface area contributed by atoms with Gasteiger partial charge in [0.2, 0.25) is 0 Å². The Hall–Kier alpha value is -0.930. The first-order chi connectivity index (χ1) is 12.7. The molecule has 0 bridgehead atoms.